The fourth-order valence-corrected chi connectivity index (χ4v) is 14.8. The first kappa shape index (κ1) is 87.7. The van der Waals surface area contributed by atoms with E-state index in [1.54, 1.807) is 34.6 Å². The lowest BCUT2D eigenvalue weighted by molar-refractivity contribution is -0.322. The van der Waals surface area contributed by atoms with Gasteiger partial charge in [-0.25, -0.2) is 10.0 Å². The summed E-state index contributed by atoms with van der Waals surface area (Å²) < 4.78 is 14.1. The average molecular weight is 1460 g/mol. The second-order valence-electron chi connectivity index (χ2n) is 31.9. The summed E-state index contributed by atoms with van der Waals surface area (Å²) in [6, 6.07) is -2.79. The molecular weight excluding hydrogens is 1330 g/mol. The van der Waals surface area contributed by atoms with E-state index in [4.69, 9.17) is 14.3 Å². The van der Waals surface area contributed by atoms with Gasteiger partial charge in [-0.2, -0.15) is 0 Å². The minimum Gasteiger partial charge on any atom is -0.379 e. The van der Waals surface area contributed by atoms with Crippen molar-refractivity contribution in [2.75, 3.05) is 81.7 Å². The third-order valence-corrected chi connectivity index (χ3v) is 21.5. The van der Waals surface area contributed by atoms with Crippen LogP contribution in [-0.2, 0) is 73.6 Å². The van der Waals surface area contributed by atoms with E-state index in [1.807, 2.05) is 92.9 Å². The standard InChI is InChI=1S/C78H130N12O14/c1-23-58-75(98)82(17)55(15)73(96)87(22)67(56(16)103-38-30-29-34-88-36-39-102-40-37-88)65(92)45-57(50(8)9)74(97)83(18)61(41-47(2)3)64(91)44-53(13)70(93)80-54(14)72(95)84(19)62(42-48(4)5)76(99)85(20)63(43-49(6)7)77(100)86(21)66(51(10)11)78(101)90-68(71(94)81-58)69(104-90)52(12)31-25-24-28-35-89-46-79-59-32-26-27-33-60(59)89/h26-27,32-33,46-58,61-63,66-69H,23-25,28-31,34-45H2,1-22H3,(H,80,93)(H,81,94)/t52-,53-,54-,55-,56-,57+,58+,61+,62+,63+,66+,67+,68+,69?/m1/s1. The van der Waals surface area contributed by atoms with Crippen LogP contribution in [0.5, 0.6) is 0 Å². The Morgan fingerprint density at radius 1 is 0.548 bits per heavy atom. The molecule has 0 saturated carbocycles. The molecule has 4 heterocycles. The molecule has 9 amide bonds. The molecule has 0 radical (unpaired) electrons. The number of hydrogen-bond acceptors (Lipinski definition) is 16. The molecule has 2 N–H and O–H groups in total. The molecule has 3 aliphatic heterocycles. The number of amides is 9. The van der Waals surface area contributed by atoms with Gasteiger partial charge >= 0.3 is 0 Å². The van der Waals surface area contributed by atoms with Gasteiger partial charge in [0.05, 0.1) is 42.7 Å². The molecule has 26 heteroatoms. The number of carbonyl (C=O) groups is 11. The Kier molecular flexibility index (Phi) is 34.3. The van der Waals surface area contributed by atoms with Crippen molar-refractivity contribution >= 4 is 75.8 Å². The van der Waals surface area contributed by atoms with E-state index in [2.05, 4.69) is 25.1 Å². The second kappa shape index (κ2) is 40.7. The van der Waals surface area contributed by atoms with Gasteiger partial charge in [-0.15, -0.1) is 0 Å². The van der Waals surface area contributed by atoms with Gasteiger partial charge in [0.15, 0.2) is 17.6 Å². The van der Waals surface area contributed by atoms with Gasteiger partial charge in [-0.05, 0) is 126 Å². The minimum atomic E-state index is -1.29. The molecule has 3 fully saturated rings. The Balaban J connectivity index is 1.59. The molecule has 1 aromatic heterocycles. The molecule has 2 aromatic rings. The van der Waals surface area contributed by atoms with Crippen LogP contribution in [-0.4, -0.2) is 262 Å². The van der Waals surface area contributed by atoms with Gasteiger partial charge in [0.1, 0.15) is 48.4 Å². The Bertz CT molecular complexity index is 3200. The first-order valence-electron chi connectivity index (χ1n) is 38.5. The van der Waals surface area contributed by atoms with Gasteiger partial charge in [-0.1, -0.05) is 115 Å². The number of aryl methyl sites for hydroxylation is 1. The number of imidazole rings is 1. The van der Waals surface area contributed by atoms with E-state index in [0.29, 0.717) is 26.1 Å². The number of benzene rings is 1. The number of aromatic nitrogens is 2. The van der Waals surface area contributed by atoms with Gasteiger partial charge < -0.3 is 54.1 Å². The fraction of sp³-hybridized carbons (Fsp3) is 0.769. The number of nitrogens with zero attached hydrogens (tertiary/aromatic N) is 10. The molecule has 0 spiro atoms. The highest BCUT2D eigenvalue weighted by molar-refractivity contribution is 6.00. The van der Waals surface area contributed by atoms with Crippen molar-refractivity contribution in [3.8, 4) is 0 Å². The molecule has 1 aromatic carbocycles. The molecule has 0 bridgehead atoms. The topological polar surface area (TPSA) is 283 Å². The van der Waals surface area contributed by atoms with Crippen LogP contribution >= 0.6 is 0 Å². The van der Waals surface area contributed by atoms with Crippen molar-refractivity contribution in [2.24, 2.45) is 47.3 Å². The number of carbonyl (C=O) groups excluding carboxylic acids is 11. The fourth-order valence-electron chi connectivity index (χ4n) is 14.8. The van der Waals surface area contributed by atoms with Crippen LogP contribution in [0.1, 0.15) is 188 Å². The Labute approximate surface area is 620 Å². The summed E-state index contributed by atoms with van der Waals surface area (Å²) in [6.45, 7) is 33.3. The largest absolute Gasteiger partial charge is 0.379 e. The number of ether oxygens (including phenoxy) is 2. The van der Waals surface area contributed by atoms with Crippen LogP contribution in [0.4, 0.5) is 0 Å². The number of likely N-dealkylation sites (N-methyl/N-ethyl adjacent to an activating group) is 6. The molecule has 104 heavy (non-hydrogen) atoms. The SMILES string of the molecule is CC[C@@H]1NC(=O)[C@@H]2C([C@H](C)CCCCCn3cnc4ccccc43)ON2C(=O)[C@H](C(C)C)N(C)C(=O)[C@H](CC(C)C)N(C)C(=O)[C@H](CC(C)C)N(C)C(=O)[C@@H](C)NC(=O)[C@H](C)CC(=O)[C@H](CC(C)C)N(C)C(=O)[C@H](C(C)C)CC(=O)[C@H]([C@@H](C)OCCCCN2CCOCC2)N(C)C(=O)[C@@H](C)N(C)C1=O. The highest BCUT2D eigenvalue weighted by atomic mass is 16.7. The van der Waals surface area contributed by atoms with Gasteiger partial charge in [0.25, 0.3) is 5.91 Å². The van der Waals surface area contributed by atoms with E-state index in [1.165, 1.54) is 85.5 Å². The molecule has 1 unspecified atom stereocenters. The lowest BCUT2D eigenvalue weighted by Gasteiger charge is -2.50. The quantitative estimate of drug-likeness (QED) is 0.103. The van der Waals surface area contributed by atoms with E-state index in [0.717, 1.165) is 68.0 Å². The highest BCUT2D eigenvalue weighted by Crippen LogP contribution is 2.35. The van der Waals surface area contributed by atoms with Crippen LogP contribution in [0.3, 0.4) is 0 Å². The normalized spacial score (nSPS) is 27.1. The second-order valence-corrected chi connectivity index (χ2v) is 31.9. The average Bonchev–Trinajstić information content (AvgIpc) is 0.858. The number of rotatable bonds is 23. The number of hydrogen-bond donors (Lipinski definition) is 2. The predicted octanol–water partition coefficient (Wildman–Crippen LogP) is 7.28. The van der Waals surface area contributed by atoms with Gasteiger partial charge in [0.2, 0.25) is 47.3 Å². The molecule has 3 aliphatic rings. The summed E-state index contributed by atoms with van der Waals surface area (Å²) in [4.78, 5) is 186. The first-order valence-corrected chi connectivity index (χ1v) is 38.5. The zero-order valence-corrected chi connectivity index (χ0v) is 67.0. The molecule has 586 valence electrons. The highest BCUT2D eigenvalue weighted by Gasteiger charge is 2.55. The molecule has 26 nitrogen and oxygen atoms in total. The van der Waals surface area contributed by atoms with Crippen LogP contribution in [0, 0.1) is 47.3 Å². The summed E-state index contributed by atoms with van der Waals surface area (Å²) in [5, 5.41) is 6.72. The first-order chi connectivity index (χ1) is 48.9. The van der Waals surface area contributed by atoms with E-state index in [-0.39, 0.29) is 68.8 Å². The summed E-state index contributed by atoms with van der Waals surface area (Å²) in [5.41, 5.74) is 1.95. The predicted molar refractivity (Wildman–Crippen MR) is 400 cm³/mol. The number of nitrogens with one attached hydrogen (secondary N) is 2. The third kappa shape index (κ3) is 23.1. The number of hydroxylamine groups is 2. The van der Waals surface area contributed by atoms with E-state index < -0.39 is 155 Å². The molecule has 0 aliphatic carbocycles. The molecule has 3 saturated heterocycles. The van der Waals surface area contributed by atoms with Gasteiger partial charge in [0, 0.05) is 93.2 Å². The Morgan fingerprint density at radius 2 is 1.11 bits per heavy atom. The maximum Gasteiger partial charge on any atom is 0.270 e. The molecular formula is C78H130N12O14. The van der Waals surface area contributed by atoms with Crippen molar-refractivity contribution in [2.45, 2.75) is 261 Å². The van der Waals surface area contributed by atoms with Crippen LogP contribution in [0.15, 0.2) is 30.6 Å². The molecule has 14 atom stereocenters. The third-order valence-electron chi connectivity index (χ3n) is 21.5. The van der Waals surface area contributed by atoms with Crippen molar-refractivity contribution in [3.63, 3.8) is 0 Å². The Morgan fingerprint density at radius 3 is 1.69 bits per heavy atom. The minimum absolute atomic E-state index is 0.0597. The van der Waals surface area contributed by atoms with Crippen molar-refractivity contribution < 1.29 is 67.1 Å². The number of Topliss-reactive ketones (excluding diaryl/α,β-unsaturated/α-hetero) is 2. The van der Waals surface area contributed by atoms with Crippen molar-refractivity contribution in [1.82, 2.24) is 59.5 Å². The summed E-state index contributed by atoms with van der Waals surface area (Å²) in [7, 11) is 8.90. The van der Waals surface area contributed by atoms with Crippen molar-refractivity contribution in [1.29, 1.82) is 0 Å². The Hall–Kier alpha value is -6.90. The number of para-hydroxylation sites is 2. The van der Waals surface area contributed by atoms with Crippen LogP contribution in [0.2, 0.25) is 0 Å². The van der Waals surface area contributed by atoms with Crippen LogP contribution < -0.4 is 10.6 Å². The zero-order chi connectivity index (χ0) is 77.9. The molecule has 5 rings (SSSR count). The van der Waals surface area contributed by atoms with E-state index in [9.17, 15) is 14.4 Å². The smallest absolute Gasteiger partial charge is 0.270 e. The van der Waals surface area contributed by atoms with E-state index >= 15 is 38.4 Å². The zero-order valence-electron chi connectivity index (χ0n) is 67.0. The van der Waals surface area contributed by atoms with Gasteiger partial charge in [-0.3, -0.25) is 62.5 Å². The maximum atomic E-state index is 15.5. The number of fused-ring (bicyclic) bond motifs is 2. The summed E-state index contributed by atoms with van der Waals surface area (Å²) in [5.74, 6) is -10.1. The van der Waals surface area contributed by atoms with Crippen LogP contribution in [0.25, 0.3) is 11.0 Å². The van der Waals surface area contributed by atoms with Crippen molar-refractivity contribution in [3.05, 3.63) is 30.6 Å². The number of morpholine rings is 1. The lowest BCUT2D eigenvalue weighted by Crippen LogP contribution is -2.72. The summed E-state index contributed by atoms with van der Waals surface area (Å²) in [6.07, 6.45) is 4.54. The lowest BCUT2D eigenvalue weighted by atomic mass is 9.85. The summed E-state index contributed by atoms with van der Waals surface area (Å²) >= 11 is 0. The maximum absolute atomic E-state index is 15.5. The monoisotopic (exact) mass is 1460 g/mol. The number of ketones is 2. The number of unbranched alkanes of at least 4 members (excludes halogenated alkanes) is 3.